The van der Waals surface area contributed by atoms with E-state index in [-0.39, 0.29) is 36.2 Å². The van der Waals surface area contributed by atoms with E-state index in [0.29, 0.717) is 19.5 Å². The van der Waals surface area contributed by atoms with E-state index in [9.17, 15) is 9.59 Å². The van der Waals surface area contributed by atoms with Gasteiger partial charge in [-0.05, 0) is 32.6 Å². The van der Waals surface area contributed by atoms with Gasteiger partial charge in [-0.15, -0.1) is 12.4 Å². The Hall–Kier alpha value is -0.810. The third kappa shape index (κ3) is 3.09. The molecule has 1 saturated carbocycles. The molecule has 0 unspecified atom stereocenters. The smallest absolute Gasteiger partial charge is 0.247 e. The SMILES string of the molecule is CN1CCN(C(=O)C[C@@H]2CCC[C@H]2N)C(C)(C)C1=O.Cl. The lowest BCUT2D eigenvalue weighted by Gasteiger charge is -2.45. The summed E-state index contributed by atoms with van der Waals surface area (Å²) in [4.78, 5) is 28.1. The minimum absolute atomic E-state index is 0. The van der Waals surface area contributed by atoms with Crippen LogP contribution in [-0.2, 0) is 9.59 Å². The van der Waals surface area contributed by atoms with Gasteiger partial charge in [-0.2, -0.15) is 0 Å². The lowest BCUT2D eigenvalue weighted by molar-refractivity contribution is -0.157. The lowest BCUT2D eigenvalue weighted by Crippen LogP contribution is -2.63. The predicted octanol–water partition coefficient (Wildman–Crippen LogP) is 1.00. The lowest BCUT2D eigenvalue weighted by atomic mass is 9.94. The van der Waals surface area contributed by atoms with Gasteiger partial charge in [0.1, 0.15) is 5.54 Å². The van der Waals surface area contributed by atoms with Crippen LogP contribution in [0, 0.1) is 5.92 Å². The third-order valence-electron chi connectivity index (χ3n) is 4.66. The normalized spacial score (nSPS) is 29.3. The predicted molar refractivity (Wildman–Crippen MR) is 80.6 cm³/mol. The van der Waals surface area contributed by atoms with Crippen LogP contribution in [0.4, 0.5) is 0 Å². The molecular formula is C14H26ClN3O2. The monoisotopic (exact) mass is 303 g/mol. The summed E-state index contributed by atoms with van der Waals surface area (Å²) in [6.07, 6.45) is 3.66. The second-order valence-electron chi connectivity index (χ2n) is 6.39. The van der Waals surface area contributed by atoms with Crippen molar-refractivity contribution in [2.45, 2.75) is 51.1 Å². The Balaban J connectivity index is 0.00000200. The number of nitrogens with zero attached hydrogens (tertiary/aromatic N) is 2. The van der Waals surface area contributed by atoms with Gasteiger partial charge in [0.05, 0.1) is 0 Å². The highest BCUT2D eigenvalue weighted by atomic mass is 35.5. The highest BCUT2D eigenvalue weighted by molar-refractivity contribution is 5.91. The van der Waals surface area contributed by atoms with E-state index in [1.807, 2.05) is 13.8 Å². The first-order chi connectivity index (χ1) is 8.84. The summed E-state index contributed by atoms with van der Waals surface area (Å²) in [5.41, 5.74) is 5.30. The van der Waals surface area contributed by atoms with Crippen molar-refractivity contribution in [1.82, 2.24) is 9.80 Å². The van der Waals surface area contributed by atoms with E-state index in [0.717, 1.165) is 19.3 Å². The van der Waals surface area contributed by atoms with Crippen molar-refractivity contribution in [3.05, 3.63) is 0 Å². The Kier molecular flexibility index (Phi) is 5.44. The van der Waals surface area contributed by atoms with Gasteiger partial charge in [0.15, 0.2) is 0 Å². The number of likely N-dealkylation sites (N-methyl/N-ethyl adjacent to an activating group) is 1. The fraction of sp³-hybridized carbons (Fsp3) is 0.857. The number of halogens is 1. The van der Waals surface area contributed by atoms with Crippen molar-refractivity contribution >= 4 is 24.2 Å². The molecule has 2 amide bonds. The zero-order valence-electron chi connectivity index (χ0n) is 12.6. The first kappa shape index (κ1) is 17.2. The largest absolute Gasteiger partial charge is 0.342 e. The quantitative estimate of drug-likeness (QED) is 0.828. The molecule has 2 aliphatic rings. The molecule has 2 rings (SSSR count). The fourth-order valence-electron chi connectivity index (χ4n) is 3.30. The van der Waals surface area contributed by atoms with Crippen LogP contribution in [0.5, 0.6) is 0 Å². The van der Waals surface area contributed by atoms with Crippen molar-refractivity contribution in [1.29, 1.82) is 0 Å². The van der Waals surface area contributed by atoms with Crippen LogP contribution in [0.15, 0.2) is 0 Å². The maximum atomic E-state index is 12.5. The molecule has 1 heterocycles. The number of rotatable bonds is 2. The van der Waals surface area contributed by atoms with E-state index in [1.165, 1.54) is 0 Å². The number of hydrogen-bond donors (Lipinski definition) is 1. The highest BCUT2D eigenvalue weighted by Crippen LogP contribution is 2.30. The van der Waals surface area contributed by atoms with Crippen LogP contribution in [0.3, 0.4) is 0 Å². The molecule has 1 aliphatic heterocycles. The van der Waals surface area contributed by atoms with Gasteiger partial charge in [-0.1, -0.05) is 6.42 Å². The topological polar surface area (TPSA) is 66.6 Å². The molecule has 5 nitrogen and oxygen atoms in total. The average Bonchev–Trinajstić information content (AvgIpc) is 2.72. The van der Waals surface area contributed by atoms with Crippen LogP contribution >= 0.6 is 12.4 Å². The Morgan fingerprint density at radius 3 is 2.55 bits per heavy atom. The molecule has 0 radical (unpaired) electrons. The minimum Gasteiger partial charge on any atom is -0.342 e. The Bertz CT molecular complexity index is 387. The third-order valence-corrected chi connectivity index (χ3v) is 4.66. The van der Waals surface area contributed by atoms with E-state index < -0.39 is 5.54 Å². The molecular weight excluding hydrogens is 278 g/mol. The molecule has 20 heavy (non-hydrogen) atoms. The number of hydrogen-bond acceptors (Lipinski definition) is 3. The van der Waals surface area contributed by atoms with Crippen molar-refractivity contribution in [2.75, 3.05) is 20.1 Å². The molecule has 0 bridgehead atoms. The number of carbonyl (C=O) groups is 2. The first-order valence-electron chi connectivity index (χ1n) is 7.15. The summed E-state index contributed by atoms with van der Waals surface area (Å²) < 4.78 is 0. The number of carbonyl (C=O) groups excluding carboxylic acids is 2. The molecule has 1 aliphatic carbocycles. The maximum Gasteiger partial charge on any atom is 0.247 e. The Labute approximate surface area is 127 Å². The van der Waals surface area contributed by atoms with Gasteiger partial charge in [-0.25, -0.2) is 0 Å². The summed E-state index contributed by atoms with van der Waals surface area (Å²) in [6, 6.07) is 0.148. The van der Waals surface area contributed by atoms with Crippen molar-refractivity contribution < 1.29 is 9.59 Å². The van der Waals surface area contributed by atoms with Gasteiger partial charge in [0.25, 0.3) is 0 Å². The highest BCUT2D eigenvalue weighted by Gasteiger charge is 2.43. The van der Waals surface area contributed by atoms with E-state index in [1.54, 1.807) is 16.8 Å². The van der Waals surface area contributed by atoms with Crippen LogP contribution in [0.25, 0.3) is 0 Å². The van der Waals surface area contributed by atoms with E-state index in [2.05, 4.69) is 0 Å². The fourth-order valence-corrected chi connectivity index (χ4v) is 3.30. The number of piperazine rings is 1. The molecule has 0 spiro atoms. The maximum absolute atomic E-state index is 12.5. The number of nitrogens with two attached hydrogens (primary N) is 1. The zero-order chi connectivity index (χ0) is 14.2. The molecule has 116 valence electrons. The van der Waals surface area contributed by atoms with Gasteiger partial charge >= 0.3 is 0 Å². The van der Waals surface area contributed by atoms with Crippen molar-refractivity contribution in [3.8, 4) is 0 Å². The Morgan fingerprint density at radius 2 is 2.00 bits per heavy atom. The van der Waals surface area contributed by atoms with Crippen molar-refractivity contribution in [3.63, 3.8) is 0 Å². The van der Waals surface area contributed by atoms with Crippen LogP contribution in [-0.4, -0.2) is 53.3 Å². The van der Waals surface area contributed by atoms with Crippen LogP contribution in [0.2, 0.25) is 0 Å². The molecule has 1 saturated heterocycles. The summed E-state index contributed by atoms with van der Waals surface area (Å²) in [5.74, 6) is 0.384. The molecule has 0 aromatic carbocycles. The molecule has 2 fully saturated rings. The zero-order valence-corrected chi connectivity index (χ0v) is 13.4. The molecule has 0 aromatic rings. The van der Waals surface area contributed by atoms with Gasteiger partial charge in [-0.3, -0.25) is 9.59 Å². The second-order valence-corrected chi connectivity index (χ2v) is 6.39. The van der Waals surface area contributed by atoms with Crippen LogP contribution < -0.4 is 5.73 Å². The molecule has 2 N–H and O–H groups in total. The average molecular weight is 304 g/mol. The summed E-state index contributed by atoms with van der Waals surface area (Å²) >= 11 is 0. The molecule has 2 atom stereocenters. The van der Waals surface area contributed by atoms with Crippen molar-refractivity contribution in [2.24, 2.45) is 11.7 Å². The number of amides is 2. The molecule has 0 aromatic heterocycles. The summed E-state index contributed by atoms with van der Waals surface area (Å²) in [7, 11) is 1.79. The minimum atomic E-state index is -0.729. The second kappa shape index (κ2) is 6.31. The standard InChI is InChI=1S/C14H25N3O2.ClH/c1-14(2)13(19)16(3)7-8-17(14)12(18)9-10-5-4-6-11(10)15;/h10-11H,4-9,15H2,1-3H3;1H/t10-,11+;/m0./s1. The van der Waals surface area contributed by atoms with Gasteiger partial charge < -0.3 is 15.5 Å². The van der Waals surface area contributed by atoms with E-state index >= 15 is 0 Å². The molecule has 6 heteroatoms. The Morgan fingerprint density at radius 1 is 1.35 bits per heavy atom. The first-order valence-corrected chi connectivity index (χ1v) is 7.15. The summed E-state index contributed by atoms with van der Waals surface area (Å²) in [6.45, 7) is 4.90. The van der Waals surface area contributed by atoms with Gasteiger partial charge in [0, 0.05) is 32.6 Å². The van der Waals surface area contributed by atoms with Crippen LogP contribution in [0.1, 0.15) is 39.5 Å². The van der Waals surface area contributed by atoms with Gasteiger partial charge in [0.2, 0.25) is 11.8 Å². The van der Waals surface area contributed by atoms with E-state index in [4.69, 9.17) is 5.73 Å². The summed E-state index contributed by atoms with van der Waals surface area (Å²) in [5, 5.41) is 0.